The molecule has 2 fully saturated rings. The van der Waals surface area contributed by atoms with Gasteiger partial charge in [-0.2, -0.15) is 0 Å². The molecule has 2 aromatic carbocycles. The fraction of sp³-hybridized carbons (Fsp3) is 0.333. The van der Waals surface area contributed by atoms with Gasteiger partial charge in [-0.05, 0) is 73.2 Å². The Morgan fingerprint density at radius 3 is 2.86 bits per heavy atom. The van der Waals surface area contributed by atoms with Crippen molar-refractivity contribution in [3.05, 3.63) is 70.6 Å². The minimum atomic E-state index is -0.253. The van der Waals surface area contributed by atoms with Crippen molar-refractivity contribution in [3.8, 4) is 5.75 Å². The summed E-state index contributed by atoms with van der Waals surface area (Å²) in [7, 11) is 1.65. The first-order valence-electron chi connectivity index (χ1n) is 11.9. The normalized spacial score (nSPS) is 22.9. The molecule has 3 N–H and O–H groups in total. The third kappa shape index (κ3) is 5.15. The highest BCUT2D eigenvalue weighted by molar-refractivity contribution is 6.30. The van der Waals surface area contributed by atoms with E-state index in [0.29, 0.717) is 30.2 Å². The highest BCUT2D eigenvalue weighted by atomic mass is 35.5. The number of morpholine rings is 1. The maximum atomic E-state index is 12.9. The second-order valence-electron chi connectivity index (χ2n) is 9.07. The molecule has 1 aromatic heterocycles. The Morgan fingerprint density at radius 2 is 2.06 bits per heavy atom. The average Bonchev–Trinajstić information content (AvgIpc) is 3.27. The number of hydrogen-bond donors (Lipinski definition) is 3. The Morgan fingerprint density at radius 1 is 1.23 bits per heavy atom. The van der Waals surface area contributed by atoms with Gasteiger partial charge in [-0.15, -0.1) is 0 Å². The van der Waals surface area contributed by atoms with Crippen LogP contribution < -0.4 is 15.4 Å². The zero-order chi connectivity index (χ0) is 24.4. The number of aromatic amines is 1. The number of methoxy groups -OCH3 is 1. The number of carbonyl (C=O) groups is 2. The molecule has 0 spiro atoms. The van der Waals surface area contributed by atoms with Crippen molar-refractivity contribution < 1.29 is 19.1 Å². The Labute approximate surface area is 208 Å². The van der Waals surface area contributed by atoms with Crippen molar-refractivity contribution in [1.82, 2.24) is 15.6 Å². The number of benzene rings is 2. The molecule has 1 saturated heterocycles. The van der Waals surface area contributed by atoms with Crippen LogP contribution in [0.3, 0.4) is 0 Å². The number of ether oxygens (including phenoxy) is 2. The summed E-state index contributed by atoms with van der Waals surface area (Å²) in [6.45, 7) is 0.546. The lowest BCUT2D eigenvalue weighted by Crippen LogP contribution is -2.54. The van der Waals surface area contributed by atoms with Gasteiger partial charge in [-0.25, -0.2) is 0 Å². The van der Waals surface area contributed by atoms with Crippen molar-refractivity contribution in [2.75, 3.05) is 13.7 Å². The lowest BCUT2D eigenvalue weighted by Gasteiger charge is -2.39. The van der Waals surface area contributed by atoms with Crippen LogP contribution >= 0.6 is 11.6 Å². The zero-order valence-electron chi connectivity index (χ0n) is 19.5. The van der Waals surface area contributed by atoms with Crippen molar-refractivity contribution in [2.45, 2.75) is 37.8 Å². The van der Waals surface area contributed by atoms with Gasteiger partial charge in [-0.1, -0.05) is 23.7 Å². The van der Waals surface area contributed by atoms with E-state index in [0.717, 1.165) is 40.6 Å². The molecule has 1 saturated carbocycles. The van der Waals surface area contributed by atoms with E-state index < -0.39 is 0 Å². The summed E-state index contributed by atoms with van der Waals surface area (Å²) in [6, 6.07) is 13.0. The van der Waals surface area contributed by atoms with Crippen LogP contribution in [0.5, 0.6) is 5.75 Å². The first-order chi connectivity index (χ1) is 17.0. The quantitative estimate of drug-likeness (QED) is 0.448. The molecule has 0 radical (unpaired) electrons. The highest BCUT2D eigenvalue weighted by Gasteiger charge is 2.40. The van der Waals surface area contributed by atoms with Gasteiger partial charge in [0.2, 0.25) is 5.91 Å². The largest absolute Gasteiger partial charge is 0.497 e. The number of rotatable bonds is 6. The average molecular weight is 494 g/mol. The minimum absolute atomic E-state index is 0.0256. The second-order valence-corrected chi connectivity index (χ2v) is 9.51. The van der Waals surface area contributed by atoms with Crippen molar-refractivity contribution in [3.63, 3.8) is 0 Å². The first-order valence-corrected chi connectivity index (χ1v) is 12.2. The Kier molecular flexibility index (Phi) is 6.68. The Hall–Kier alpha value is -3.45. The number of carbonyl (C=O) groups excluding carboxylic acids is 2. The van der Waals surface area contributed by atoms with E-state index in [2.05, 4.69) is 15.6 Å². The van der Waals surface area contributed by atoms with Crippen LogP contribution in [0.2, 0.25) is 5.02 Å². The number of aromatic nitrogens is 1. The monoisotopic (exact) mass is 493 g/mol. The highest BCUT2D eigenvalue weighted by Crippen LogP contribution is 2.32. The first kappa shape index (κ1) is 23.3. The van der Waals surface area contributed by atoms with Crippen molar-refractivity contribution in [1.29, 1.82) is 0 Å². The van der Waals surface area contributed by atoms with Crippen LogP contribution in [0.15, 0.2) is 54.4 Å². The predicted octanol–water partition coefficient (Wildman–Crippen LogP) is 4.21. The topological polar surface area (TPSA) is 92.4 Å². The fourth-order valence-corrected chi connectivity index (χ4v) is 5.02. The zero-order valence-corrected chi connectivity index (χ0v) is 20.2. The number of halogens is 1. The molecule has 1 aliphatic heterocycles. The summed E-state index contributed by atoms with van der Waals surface area (Å²) in [5, 5.41) is 7.86. The number of amides is 2. The number of fused-ring (bicyclic) bond motifs is 2. The summed E-state index contributed by atoms with van der Waals surface area (Å²) in [6.07, 6.45) is 6.30. The third-order valence-electron chi connectivity index (χ3n) is 6.81. The van der Waals surface area contributed by atoms with Crippen LogP contribution in [-0.4, -0.2) is 42.6 Å². The molecule has 2 aliphatic rings. The SMILES string of the molecule is COc1ccc2[nH]cc(CCNC(=O)C3CCC4O/C(=C\c5ccc(Cl)cc5)C(=O)NC4C3)c2c1. The van der Waals surface area contributed by atoms with E-state index in [9.17, 15) is 9.59 Å². The van der Waals surface area contributed by atoms with Gasteiger partial charge in [0.05, 0.1) is 13.2 Å². The second kappa shape index (κ2) is 10.0. The molecule has 5 rings (SSSR count). The summed E-state index contributed by atoms with van der Waals surface area (Å²) in [4.78, 5) is 28.7. The lowest BCUT2D eigenvalue weighted by atomic mass is 9.82. The van der Waals surface area contributed by atoms with Gasteiger partial charge >= 0.3 is 0 Å². The Balaban J connectivity index is 1.15. The van der Waals surface area contributed by atoms with E-state index in [-0.39, 0.29) is 29.9 Å². The molecule has 0 bridgehead atoms. The van der Waals surface area contributed by atoms with Crippen LogP contribution in [0, 0.1) is 5.92 Å². The van der Waals surface area contributed by atoms with Gasteiger partial charge in [0.25, 0.3) is 5.91 Å². The van der Waals surface area contributed by atoms with Gasteiger partial charge in [0.15, 0.2) is 5.76 Å². The molecule has 3 atom stereocenters. The van der Waals surface area contributed by atoms with Gasteiger partial charge in [0, 0.05) is 34.6 Å². The standard InChI is InChI=1S/C27H28ClN3O4/c1-34-20-7-8-22-21(14-20)18(15-30-22)10-11-29-26(32)17-4-9-24-23(13-17)31-27(33)25(35-24)12-16-2-5-19(28)6-3-16/h2-3,5-8,12,14-15,17,23-24,30H,4,9-11,13H2,1H3,(H,29,32)(H,31,33)/b25-12-. The van der Waals surface area contributed by atoms with Gasteiger partial charge in [0.1, 0.15) is 11.9 Å². The molecule has 182 valence electrons. The molecule has 8 heteroatoms. The third-order valence-corrected chi connectivity index (χ3v) is 7.06. The smallest absolute Gasteiger partial charge is 0.286 e. The fourth-order valence-electron chi connectivity index (χ4n) is 4.90. The van der Waals surface area contributed by atoms with E-state index in [1.54, 1.807) is 25.3 Å². The molecule has 2 heterocycles. The minimum Gasteiger partial charge on any atom is -0.497 e. The summed E-state index contributed by atoms with van der Waals surface area (Å²) < 4.78 is 11.4. The van der Waals surface area contributed by atoms with Crippen LogP contribution in [-0.2, 0) is 20.7 Å². The molecule has 35 heavy (non-hydrogen) atoms. The summed E-state index contributed by atoms with van der Waals surface area (Å²) in [5.74, 6) is 0.730. The van der Waals surface area contributed by atoms with E-state index in [1.807, 2.05) is 36.5 Å². The van der Waals surface area contributed by atoms with Crippen molar-refractivity contribution >= 4 is 40.4 Å². The van der Waals surface area contributed by atoms with E-state index in [4.69, 9.17) is 21.1 Å². The van der Waals surface area contributed by atoms with Crippen LogP contribution in [0.25, 0.3) is 17.0 Å². The van der Waals surface area contributed by atoms with Crippen LogP contribution in [0.4, 0.5) is 0 Å². The van der Waals surface area contributed by atoms with Gasteiger partial charge in [-0.3, -0.25) is 9.59 Å². The Bertz CT molecular complexity index is 1270. The number of hydrogen-bond acceptors (Lipinski definition) is 4. The summed E-state index contributed by atoms with van der Waals surface area (Å²) >= 11 is 5.94. The molecule has 1 aliphatic carbocycles. The lowest BCUT2D eigenvalue weighted by molar-refractivity contribution is -0.134. The number of H-pyrrole nitrogens is 1. The molecular formula is C27H28ClN3O4. The molecular weight excluding hydrogens is 466 g/mol. The van der Waals surface area contributed by atoms with Gasteiger partial charge < -0.3 is 25.1 Å². The van der Waals surface area contributed by atoms with Crippen molar-refractivity contribution in [2.24, 2.45) is 5.92 Å². The molecule has 7 nitrogen and oxygen atoms in total. The van der Waals surface area contributed by atoms with Crippen LogP contribution in [0.1, 0.15) is 30.4 Å². The molecule has 3 unspecified atom stereocenters. The van der Waals surface area contributed by atoms with E-state index >= 15 is 0 Å². The molecule has 2 amide bonds. The maximum Gasteiger partial charge on any atom is 0.286 e. The number of nitrogens with one attached hydrogen (secondary N) is 3. The molecule has 3 aromatic rings. The predicted molar refractivity (Wildman–Crippen MR) is 135 cm³/mol. The summed E-state index contributed by atoms with van der Waals surface area (Å²) in [5.41, 5.74) is 3.03. The maximum absolute atomic E-state index is 12.9. The van der Waals surface area contributed by atoms with E-state index in [1.165, 1.54) is 0 Å².